The molecule has 0 fully saturated rings. The Morgan fingerprint density at radius 1 is 1.50 bits per heavy atom. The van der Waals surface area contributed by atoms with E-state index in [-0.39, 0.29) is 11.3 Å². The lowest BCUT2D eigenvalue weighted by atomic mass is 10.2. The molecular formula is C7H6O2S. The van der Waals surface area contributed by atoms with Crippen LogP contribution >= 0.6 is 12.6 Å². The van der Waals surface area contributed by atoms with E-state index in [1.807, 2.05) is 0 Å². The van der Waals surface area contributed by atoms with Gasteiger partial charge in [-0.2, -0.15) is 0 Å². The second kappa shape index (κ2) is 2.75. The first kappa shape index (κ1) is 7.15. The number of carbonyl (C=O) groups is 1. The quantitative estimate of drug-likeness (QED) is 0.475. The molecule has 0 spiro atoms. The monoisotopic (exact) mass is 154 g/mol. The van der Waals surface area contributed by atoms with Crippen LogP contribution < -0.4 is 0 Å². The predicted octanol–water partition coefficient (Wildman–Crippen LogP) is 1.49. The number of para-hydroxylation sites is 1. The van der Waals surface area contributed by atoms with Crippen molar-refractivity contribution in [2.24, 2.45) is 0 Å². The summed E-state index contributed by atoms with van der Waals surface area (Å²) in [6.07, 6.45) is 0.592. The summed E-state index contributed by atoms with van der Waals surface area (Å²) in [6.45, 7) is 0. The highest BCUT2D eigenvalue weighted by molar-refractivity contribution is 7.80. The number of phenolic OH excluding ortho intramolecular Hbond substituents is 1. The topological polar surface area (TPSA) is 37.3 Å². The maximum atomic E-state index is 10.2. The fraction of sp³-hybridized carbons (Fsp3) is 0. The van der Waals surface area contributed by atoms with Crippen LogP contribution in [0, 0.1) is 0 Å². The molecule has 0 bridgehead atoms. The van der Waals surface area contributed by atoms with Crippen LogP contribution in [0.15, 0.2) is 23.1 Å². The molecule has 0 aromatic heterocycles. The Kier molecular flexibility index (Phi) is 1.97. The summed E-state index contributed by atoms with van der Waals surface area (Å²) < 4.78 is 0. The van der Waals surface area contributed by atoms with Gasteiger partial charge in [0.1, 0.15) is 5.75 Å². The SMILES string of the molecule is O=Cc1cccc(S)c1O. The maximum absolute atomic E-state index is 10.2. The zero-order chi connectivity index (χ0) is 7.56. The first-order valence-corrected chi connectivity index (χ1v) is 3.16. The molecule has 3 heteroatoms. The van der Waals surface area contributed by atoms with E-state index in [4.69, 9.17) is 5.11 Å². The first-order chi connectivity index (χ1) is 4.75. The van der Waals surface area contributed by atoms with Gasteiger partial charge < -0.3 is 5.11 Å². The fourth-order valence-corrected chi connectivity index (χ4v) is 0.859. The fourth-order valence-electron chi connectivity index (χ4n) is 0.644. The third-order valence-corrected chi connectivity index (χ3v) is 1.53. The number of hydrogen-bond acceptors (Lipinski definition) is 3. The summed E-state index contributed by atoms with van der Waals surface area (Å²) in [4.78, 5) is 10.6. The zero-order valence-corrected chi connectivity index (χ0v) is 6.01. The lowest BCUT2D eigenvalue weighted by Crippen LogP contribution is -1.80. The van der Waals surface area contributed by atoms with E-state index >= 15 is 0 Å². The van der Waals surface area contributed by atoms with Crippen molar-refractivity contribution in [3.63, 3.8) is 0 Å². The van der Waals surface area contributed by atoms with Crippen LogP contribution in [0.3, 0.4) is 0 Å². The molecule has 1 rings (SSSR count). The van der Waals surface area contributed by atoms with Gasteiger partial charge in [0, 0.05) is 4.90 Å². The molecule has 0 heterocycles. The van der Waals surface area contributed by atoms with Gasteiger partial charge in [0.05, 0.1) is 5.56 Å². The molecule has 0 atom stereocenters. The number of aldehydes is 1. The van der Waals surface area contributed by atoms with Crippen molar-refractivity contribution >= 4 is 18.9 Å². The van der Waals surface area contributed by atoms with Crippen LogP contribution in [0.5, 0.6) is 5.75 Å². The lowest BCUT2D eigenvalue weighted by molar-refractivity contribution is 0.112. The average molecular weight is 154 g/mol. The number of carbonyl (C=O) groups excluding carboxylic acids is 1. The smallest absolute Gasteiger partial charge is 0.153 e. The third kappa shape index (κ3) is 1.14. The molecule has 1 aromatic rings. The number of phenols is 1. The largest absolute Gasteiger partial charge is 0.506 e. The molecule has 0 saturated carbocycles. The highest BCUT2D eigenvalue weighted by Gasteiger charge is 2.00. The van der Waals surface area contributed by atoms with Crippen LogP contribution in [-0.4, -0.2) is 11.4 Å². The Morgan fingerprint density at radius 3 is 2.70 bits per heavy atom. The van der Waals surface area contributed by atoms with Gasteiger partial charge in [-0.15, -0.1) is 12.6 Å². The van der Waals surface area contributed by atoms with Gasteiger partial charge in [0.2, 0.25) is 0 Å². The van der Waals surface area contributed by atoms with Gasteiger partial charge in [0.25, 0.3) is 0 Å². The van der Waals surface area contributed by atoms with Crippen LogP contribution in [0.25, 0.3) is 0 Å². The van der Waals surface area contributed by atoms with Gasteiger partial charge in [-0.1, -0.05) is 6.07 Å². The van der Waals surface area contributed by atoms with Gasteiger partial charge in [-0.05, 0) is 12.1 Å². The van der Waals surface area contributed by atoms with Gasteiger partial charge in [0.15, 0.2) is 6.29 Å². The Labute approximate surface area is 63.9 Å². The molecule has 0 saturated heterocycles. The summed E-state index contributed by atoms with van der Waals surface area (Å²) in [6, 6.07) is 4.80. The minimum absolute atomic E-state index is 0.0548. The molecule has 1 N–H and O–H groups in total. The number of hydrogen-bond donors (Lipinski definition) is 2. The van der Waals surface area contributed by atoms with Crippen molar-refractivity contribution in [3.8, 4) is 5.75 Å². The standard InChI is InChI=1S/C7H6O2S/c8-4-5-2-1-3-6(10)7(5)9/h1-4,9-10H. The van der Waals surface area contributed by atoms with Gasteiger partial charge in [-0.3, -0.25) is 4.79 Å². The second-order valence-corrected chi connectivity index (χ2v) is 2.31. The molecule has 0 amide bonds. The summed E-state index contributed by atoms with van der Waals surface area (Å²) in [5.74, 6) is -0.0548. The molecule has 0 aliphatic rings. The van der Waals surface area contributed by atoms with Crippen molar-refractivity contribution in [2.45, 2.75) is 4.90 Å². The number of aromatic hydroxyl groups is 1. The van der Waals surface area contributed by atoms with Crippen molar-refractivity contribution in [1.82, 2.24) is 0 Å². The van der Waals surface area contributed by atoms with Crippen molar-refractivity contribution < 1.29 is 9.90 Å². The van der Waals surface area contributed by atoms with Gasteiger partial charge in [-0.25, -0.2) is 0 Å². The molecule has 0 radical (unpaired) electrons. The van der Waals surface area contributed by atoms with E-state index in [2.05, 4.69) is 12.6 Å². The maximum Gasteiger partial charge on any atom is 0.153 e. The van der Waals surface area contributed by atoms with Crippen LogP contribution in [-0.2, 0) is 0 Å². The summed E-state index contributed by atoms with van der Waals surface area (Å²) in [5, 5.41) is 9.09. The molecule has 0 aliphatic carbocycles. The van der Waals surface area contributed by atoms with E-state index < -0.39 is 0 Å². The summed E-state index contributed by atoms with van der Waals surface area (Å²) in [5.41, 5.74) is 0.271. The highest BCUT2D eigenvalue weighted by atomic mass is 32.1. The van der Waals surface area contributed by atoms with Crippen LogP contribution in [0.2, 0.25) is 0 Å². The van der Waals surface area contributed by atoms with E-state index in [0.717, 1.165) is 0 Å². The average Bonchev–Trinajstić information content (AvgIpc) is 1.95. The van der Waals surface area contributed by atoms with E-state index in [0.29, 0.717) is 11.2 Å². The minimum atomic E-state index is -0.0548. The van der Waals surface area contributed by atoms with Crippen LogP contribution in [0.4, 0.5) is 0 Å². The number of rotatable bonds is 1. The minimum Gasteiger partial charge on any atom is -0.506 e. The number of thiol groups is 1. The molecule has 52 valence electrons. The van der Waals surface area contributed by atoms with Crippen LogP contribution in [0.1, 0.15) is 10.4 Å². The Bertz CT molecular complexity index is 258. The molecule has 10 heavy (non-hydrogen) atoms. The summed E-state index contributed by atoms with van der Waals surface area (Å²) in [7, 11) is 0. The number of benzene rings is 1. The molecule has 0 unspecified atom stereocenters. The van der Waals surface area contributed by atoms with Gasteiger partial charge >= 0.3 is 0 Å². The van der Waals surface area contributed by atoms with Crippen molar-refractivity contribution in [2.75, 3.05) is 0 Å². The second-order valence-electron chi connectivity index (χ2n) is 1.83. The Morgan fingerprint density at radius 2 is 2.20 bits per heavy atom. The molecule has 0 aliphatic heterocycles. The van der Waals surface area contributed by atoms with E-state index in [1.54, 1.807) is 12.1 Å². The Balaban J connectivity index is 3.27. The zero-order valence-electron chi connectivity index (χ0n) is 5.11. The summed E-state index contributed by atoms with van der Waals surface area (Å²) >= 11 is 3.91. The van der Waals surface area contributed by atoms with E-state index in [9.17, 15) is 4.79 Å². The first-order valence-electron chi connectivity index (χ1n) is 2.72. The highest BCUT2D eigenvalue weighted by Crippen LogP contribution is 2.23. The normalized spacial score (nSPS) is 9.30. The Hall–Kier alpha value is -0.960. The predicted molar refractivity (Wildman–Crippen MR) is 40.7 cm³/mol. The van der Waals surface area contributed by atoms with E-state index in [1.165, 1.54) is 6.07 Å². The van der Waals surface area contributed by atoms with Crippen molar-refractivity contribution in [1.29, 1.82) is 0 Å². The van der Waals surface area contributed by atoms with Crippen molar-refractivity contribution in [3.05, 3.63) is 23.8 Å². The molecule has 2 nitrogen and oxygen atoms in total. The molecular weight excluding hydrogens is 148 g/mol. The third-order valence-electron chi connectivity index (χ3n) is 1.17. The lowest BCUT2D eigenvalue weighted by Gasteiger charge is -1.97. The molecule has 1 aromatic carbocycles.